The molecule has 0 spiro atoms. The first-order chi connectivity index (χ1) is 10.8. The third-order valence-electron chi connectivity index (χ3n) is 4.95. The first-order valence-electron chi connectivity index (χ1n) is 8.86. The van der Waals surface area contributed by atoms with Crippen molar-refractivity contribution in [2.75, 3.05) is 13.1 Å². The van der Waals surface area contributed by atoms with Crippen LogP contribution in [0.25, 0.3) is 0 Å². The van der Waals surface area contributed by atoms with Gasteiger partial charge in [-0.05, 0) is 37.2 Å². The third kappa shape index (κ3) is 4.84. The van der Waals surface area contributed by atoms with Gasteiger partial charge in [0.25, 0.3) is 0 Å². The molecule has 22 heavy (non-hydrogen) atoms. The van der Waals surface area contributed by atoms with Crippen molar-refractivity contribution in [1.29, 1.82) is 0 Å². The average molecular weight is 300 g/mol. The van der Waals surface area contributed by atoms with E-state index in [2.05, 4.69) is 34.5 Å². The van der Waals surface area contributed by atoms with Crippen LogP contribution in [0.2, 0.25) is 0 Å². The van der Waals surface area contributed by atoms with Gasteiger partial charge in [0.1, 0.15) is 0 Å². The molecule has 2 fully saturated rings. The Bertz CT molecular complexity index is 464. The Morgan fingerprint density at radius 1 is 1.05 bits per heavy atom. The summed E-state index contributed by atoms with van der Waals surface area (Å²) < 4.78 is 0. The fraction of sp³-hybridized carbons (Fsp3) is 0.632. The highest BCUT2D eigenvalue weighted by Gasteiger charge is 2.30. The monoisotopic (exact) mass is 300 g/mol. The van der Waals surface area contributed by atoms with Gasteiger partial charge in [-0.3, -0.25) is 9.69 Å². The summed E-state index contributed by atoms with van der Waals surface area (Å²) in [6, 6.07) is 11.1. The van der Waals surface area contributed by atoms with Crippen molar-refractivity contribution in [3.63, 3.8) is 0 Å². The fourth-order valence-corrected chi connectivity index (χ4v) is 3.46. The zero-order chi connectivity index (χ0) is 15.2. The van der Waals surface area contributed by atoms with E-state index < -0.39 is 0 Å². The minimum atomic E-state index is 0.202. The second-order valence-electron chi connectivity index (χ2n) is 6.93. The second kappa shape index (κ2) is 7.77. The highest BCUT2D eigenvalue weighted by atomic mass is 16.2. The summed E-state index contributed by atoms with van der Waals surface area (Å²) in [7, 11) is 0. The highest BCUT2D eigenvalue weighted by molar-refractivity contribution is 5.78. The lowest BCUT2D eigenvalue weighted by molar-refractivity contribution is -0.122. The Hall–Kier alpha value is -1.35. The molecule has 0 aromatic heterocycles. The van der Waals surface area contributed by atoms with Gasteiger partial charge in [-0.15, -0.1) is 0 Å². The standard InChI is InChI=1S/C19H28N2O/c22-19(20-13-16-7-3-1-4-8-16)15-21(18-11-12-18)14-17-9-5-2-6-10-17/h2,5-6,9-10,16,18H,1,3-4,7-8,11-15H2,(H,20,22). The molecule has 0 heterocycles. The van der Waals surface area contributed by atoms with Crippen LogP contribution in [-0.2, 0) is 11.3 Å². The molecular formula is C19H28N2O. The molecule has 0 aliphatic heterocycles. The third-order valence-corrected chi connectivity index (χ3v) is 4.95. The summed E-state index contributed by atoms with van der Waals surface area (Å²) in [5.41, 5.74) is 1.30. The number of amides is 1. The SMILES string of the molecule is O=C(CN(Cc1ccccc1)C1CC1)NCC1CCCCC1. The molecule has 0 atom stereocenters. The molecule has 120 valence electrons. The summed E-state index contributed by atoms with van der Waals surface area (Å²) in [6.45, 7) is 2.32. The number of hydrogen-bond acceptors (Lipinski definition) is 2. The lowest BCUT2D eigenvalue weighted by Gasteiger charge is -2.24. The number of benzene rings is 1. The zero-order valence-corrected chi connectivity index (χ0v) is 13.5. The van der Waals surface area contributed by atoms with Gasteiger partial charge in [0, 0.05) is 19.1 Å². The molecule has 1 N–H and O–H groups in total. The number of hydrogen-bond donors (Lipinski definition) is 1. The maximum atomic E-state index is 12.3. The van der Waals surface area contributed by atoms with Gasteiger partial charge in [0.05, 0.1) is 6.54 Å². The van der Waals surface area contributed by atoms with Crippen molar-refractivity contribution in [3.05, 3.63) is 35.9 Å². The molecule has 3 heteroatoms. The Kier molecular flexibility index (Phi) is 5.49. The number of carbonyl (C=O) groups excluding carboxylic acids is 1. The molecule has 1 aromatic rings. The van der Waals surface area contributed by atoms with Gasteiger partial charge >= 0.3 is 0 Å². The van der Waals surface area contributed by atoms with E-state index in [9.17, 15) is 4.79 Å². The predicted molar refractivity (Wildman–Crippen MR) is 89.5 cm³/mol. The predicted octanol–water partition coefficient (Wildman–Crippen LogP) is 3.35. The van der Waals surface area contributed by atoms with Crippen molar-refractivity contribution in [3.8, 4) is 0 Å². The van der Waals surface area contributed by atoms with E-state index in [1.807, 2.05) is 6.07 Å². The maximum absolute atomic E-state index is 12.3. The van der Waals surface area contributed by atoms with Crippen molar-refractivity contribution >= 4 is 5.91 Å². The lowest BCUT2D eigenvalue weighted by Crippen LogP contribution is -2.40. The smallest absolute Gasteiger partial charge is 0.234 e. The molecule has 3 nitrogen and oxygen atoms in total. The van der Waals surface area contributed by atoms with Gasteiger partial charge in [-0.25, -0.2) is 0 Å². The molecule has 0 radical (unpaired) electrons. The normalized spacial score (nSPS) is 19.3. The summed E-state index contributed by atoms with van der Waals surface area (Å²) in [4.78, 5) is 14.6. The molecule has 0 unspecified atom stereocenters. The molecule has 0 saturated heterocycles. The van der Waals surface area contributed by atoms with Crippen LogP contribution in [-0.4, -0.2) is 29.9 Å². The first kappa shape index (κ1) is 15.5. The van der Waals surface area contributed by atoms with Gasteiger partial charge in [0.2, 0.25) is 5.91 Å². The minimum absolute atomic E-state index is 0.202. The topological polar surface area (TPSA) is 32.3 Å². The Morgan fingerprint density at radius 3 is 2.45 bits per heavy atom. The molecule has 1 amide bonds. The van der Waals surface area contributed by atoms with Crippen LogP contribution in [0, 0.1) is 5.92 Å². The van der Waals surface area contributed by atoms with E-state index in [-0.39, 0.29) is 5.91 Å². The zero-order valence-electron chi connectivity index (χ0n) is 13.5. The molecule has 2 aliphatic carbocycles. The van der Waals surface area contributed by atoms with E-state index in [0.717, 1.165) is 13.1 Å². The minimum Gasteiger partial charge on any atom is -0.355 e. The van der Waals surface area contributed by atoms with E-state index in [0.29, 0.717) is 18.5 Å². The number of nitrogens with one attached hydrogen (secondary N) is 1. The highest BCUT2D eigenvalue weighted by Crippen LogP contribution is 2.28. The van der Waals surface area contributed by atoms with Crippen LogP contribution in [0.1, 0.15) is 50.5 Å². The van der Waals surface area contributed by atoms with Crippen LogP contribution >= 0.6 is 0 Å². The number of rotatable bonds is 7. The number of carbonyl (C=O) groups is 1. The summed E-state index contributed by atoms with van der Waals surface area (Å²) in [6.07, 6.45) is 9.10. The summed E-state index contributed by atoms with van der Waals surface area (Å²) >= 11 is 0. The van der Waals surface area contributed by atoms with Crippen molar-refractivity contribution in [2.45, 2.75) is 57.5 Å². The van der Waals surface area contributed by atoms with Crippen LogP contribution < -0.4 is 5.32 Å². The fourth-order valence-electron chi connectivity index (χ4n) is 3.46. The molecule has 2 aliphatic rings. The molecule has 2 saturated carbocycles. The summed E-state index contributed by atoms with van der Waals surface area (Å²) in [5.74, 6) is 0.912. The Balaban J connectivity index is 1.45. The van der Waals surface area contributed by atoms with Gasteiger partial charge in [0.15, 0.2) is 0 Å². The van der Waals surface area contributed by atoms with Crippen molar-refractivity contribution in [1.82, 2.24) is 10.2 Å². The van der Waals surface area contributed by atoms with E-state index in [4.69, 9.17) is 0 Å². The first-order valence-corrected chi connectivity index (χ1v) is 8.86. The Labute approximate surface area is 134 Å². The van der Waals surface area contributed by atoms with Crippen molar-refractivity contribution in [2.24, 2.45) is 5.92 Å². The molecule has 1 aromatic carbocycles. The number of nitrogens with zero attached hydrogens (tertiary/aromatic N) is 1. The second-order valence-corrected chi connectivity index (χ2v) is 6.93. The van der Waals surface area contributed by atoms with Gasteiger partial charge < -0.3 is 5.32 Å². The van der Waals surface area contributed by atoms with Crippen LogP contribution in [0.15, 0.2) is 30.3 Å². The van der Waals surface area contributed by atoms with Gasteiger partial charge in [-0.1, -0.05) is 49.6 Å². The summed E-state index contributed by atoms with van der Waals surface area (Å²) in [5, 5.41) is 3.17. The van der Waals surface area contributed by atoms with Crippen LogP contribution in [0.3, 0.4) is 0 Å². The molecule has 0 bridgehead atoms. The lowest BCUT2D eigenvalue weighted by atomic mass is 9.89. The van der Waals surface area contributed by atoms with E-state index in [1.165, 1.54) is 50.5 Å². The molecule has 3 rings (SSSR count). The quantitative estimate of drug-likeness (QED) is 0.837. The van der Waals surface area contributed by atoms with Crippen LogP contribution in [0.4, 0.5) is 0 Å². The van der Waals surface area contributed by atoms with E-state index >= 15 is 0 Å². The van der Waals surface area contributed by atoms with E-state index in [1.54, 1.807) is 0 Å². The van der Waals surface area contributed by atoms with Gasteiger partial charge in [-0.2, -0.15) is 0 Å². The maximum Gasteiger partial charge on any atom is 0.234 e. The average Bonchev–Trinajstić information content (AvgIpc) is 3.39. The Morgan fingerprint density at radius 2 is 1.77 bits per heavy atom. The molecular weight excluding hydrogens is 272 g/mol. The van der Waals surface area contributed by atoms with Crippen LogP contribution in [0.5, 0.6) is 0 Å². The largest absolute Gasteiger partial charge is 0.355 e. The van der Waals surface area contributed by atoms with Crippen molar-refractivity contribution < 1.29 is 4.79 Å².